The van der Waals surface area contributed by atoms with Crippen LogP contribution in [-0.4, -0.2) is 22.4 Å². The van der Waals surface area contributed by atoms with E-state index in [9.17, 15) is 13.6 Å². The van der Waals surface area contributed by atoms with Gasteiger partial charge >= 0.3 is 0 Å². The molecule has 7 heteroatoms. The molecule has 0 radical (unpaired) electrons. The molecule has 0 aliphatic heterocycles. The molecule has 0 unspecified atom stereocenters. The second-order valence-corrected chi connectivity index (χ2v) is 5.14. The lowest BCUT2D eigenvalue weighted by Crippen LogP contribution is -2.28. The van der Waals surface area contributed by atoms with Crippen LogP contribution in [0.25, 0.3) is 0 Å². The van der Waals surface area contributed by atoms with Crippen LogP contribution in [0.3, 0.4) is 0 Å². The number of hydrogen-bond donors (Lipinski definition) is 2. The van der Waals surface area contributed by atoms with Crippen molar-refractivity contribution in [2.45, 2.75) is 13.8 Å². The molecule has 0 saturated heterocycles. The monoisotopic (exact) mass is 306 g/mol. The summed E-state index contributed by atoms with van der Waals surface area (Å²) >= 11 is 0. The van der Waals surface area contributed by atoms with Crippen molar-refractivity contribution in [3.05, 3.63) is 47.9 Å². The van der Waals surface area contributed by atoms with Crippen LogP contribution >= 0.6 is 0 Å². The van der Waals surface area contributed by atoms with E-state index in [0.29, 0.717) is 24.0 Å². The minimum atomic E-state index is -0.956. The van der Waals surface area contributed by atoms with Crippen LogP contribution in [0.15, 0.2) is 30.6 Å². The molecule has 1 aromatic heterocycles. The van der Waals surface area contributed by atoms with Gasteiger partial charge in [-0.15, -0.1) is 0 Å². The first kappa shape index (κ1) is 15.8. The van der Waals surface area contributed by atoms with E-state index in [-0.39, 0.29) is 11.6 Å². The first-order valence-electron chi connectivity index (χ1n) is 6.78. The van der Waals surface area contributed by atoms with Gasteiger partial charge in [-0.2, -0.15) is 0 Å². The maximum atomic E-state index is 13.1. The number of benzene rings is 1. The summed E-state index contributed by atoms with van der Waals surface area (Å²) in [5, 5.41) is 5.50. The second kappa shape index (κ2) is 6.93. The maximum Gasteiger partial charge on any atom is 0.271 e. The highest BCUT2D eigenvalue weighted by molar-refractivity contribution is 5.92. The largest absolute Gasteiger partial charge is 0.350 e. The second-order valence-electron chi connectivity index (χ2n) is 5.14. The topological polar surface area (TPSA) is 66.9 Å². The van der Waals surface area contributed by atoms with Gasteiger partial charge in [-0.3, -0.25) is 4.79 Å². The lowest BCUT2D eigenvalue weighted by Gasteiger charge is -2.08. The minimum Gasteiger partial charge on any atom is -0.350 e. The van der Waals surface area contributed by atoms with Crippen molar-refractivity contribution in [3.8, 4) is 0 Å². The predicted molar refractivity (Wildman–Crippen MR) is 78.8 cm³/mol. The summed E-state index contributed by atoms with van der Waals surface area (Å²) in [6.07, 6.45) is 2.67. The van der Waals surface area contributed by atoms with E-state index in [1.807, 2.05) is 13.8 Å². The van der Waals surface area contributed by atoms with Gasteiger partial charge in [0.05, 0.1) is 12.4 Å². The summed E-state index contributed by atoms with van der Waals surface area (Å²) in [7, 11) is 0. The van der Waals surface area contributed by atoms with Crippen molar-refractivity contribution in [3.63, 3.8) is 0 Å². The fourth-order valence-corrected chi connectivity index (χ4v) is 1.62. The highest BCUT2D eigenvalue weighted by Crippen LogP contribution is 2.16. The molecule has 2 rings (SSSR count). The van der Waals surface area contributed by atoms with E-state index in [0.717, 1.165) is 12.1 Å². The van der Waals surface area contributed by atoms with Crippen LogP contribution in [0, 0.1) is 17.6 Å². The van der Waals surface area contributed by atoms with Gasteiger partial charge in [0, 0.05) is 18.3 Å². The molecule has 0 bridgehead atoms. The van der Waals surface area contributed by atoms with Crippen LogP contribution in [0.2, 0.25) is 0 Å². The Morgan fingerprint density at radius 1 is 1.18 bits per heavy atom. The average molecular weight is 306 g/mol. The van der Waals surface area contributed by atoms with Crippen molar-refractivity contribution in [2.24, 2.45) is 5.92 Å². The first-order valence-corrected chi connectivity index (χ1v) is 6.78. The van der Waals surface area contributed by atoms with Crippen molar-refractivity contribution >= 4 is 17.4 Å². The molecule has 0 saturated carbocycles. The van der Waals surface area contributed by atoms with Crippen molar-refractivity contribution in [1.82, 2.24) is 15.3 Å². The van der Waals surface area contributed by atoms with Gasteiger partial charge in [0.2, 0.25) is 0 Å². The number of aromatic nitrogens is 2. The Bertz CT molecular complexity index is 659. The zero-order chi connectivity index (χ0) is 16.1. The Kier molecular flexibility index (Phi) is 4.98. The number of nitrogens with one attached hydrogen (secondary N) is 2. The number of anilines is 2. The summed E-state index contributed by atoms with van der Waals surface area (Å²) in [5.74, 6) is -1.52. The van der Waals surface area contributed by atoms with E-state index < -0.39 is 11.6 Å². The molecule has 116 valence electrons. The zero-order valence-corrected chi connectivity index (χ0v) is 12.2. The van der Waals surface area contributed by atoms with Gasteiger partial charge < -0.3 is 10.6 Å². The van der Waals surface area contributed by atoms with Gasteiger partial charge in [0.1, 0.15) is 11.5 Å². The highest BCUT2D eigenvalue weighted by Gasteiger charge is 2.09. The number of halogens is 2. The molecule has 0 atom stereocenters. The van der Waals surface area contributed by atoms with E-state index in [2.05, 4.69) is 20.6 Å². The van der Waals surface area contributed by atoms with Crippen molar-refractivity contribution in [1.29, 1.82) is 0 Å². The normalized spacial score (nSPS) is 10.6. The summed E-state index contributed by atoms with van der Waals surface area (Å²) in [4.78, 5) is 19.8. The Morgan fingerprint density at radius 2 is 1.95 bits per heavy atom. The fourth-order valence-electron chi connectivity index (χ4n) is 1.62. The molecule has 0 spiro atoms. The molecule has 1 aromatic carbocycles. The third-order valence-electron chi connectivity index (χ3n) is 2.75. The van der Waals surface area contributed by atoms with Gasteiger partial charge in [0.25, 0.3) is 5.91 Å². The SMILES string of the molecule is CC(C)CNC(=O)c1cnc(Nc2ccc(F)c(F)c2)cn1. The van der Waals surface area contributed by atoms with Gasteiger partial charge in [-0.1, -0.05) is 13.8 Å². The number of rotatable bonds is 5. The molecule has 0 fully saturated rings. The van der Waals surface area contributed by atoms with Crippen LogP contribution in [0.5, 0.6) is 0 Å². The van der Waals surface area contributed by atoms with E-state index in [1.54, 1.807) is 0 Å². The number of carbonyl (C=O) groups excluding carboxylic acids is 1. The predicted octanol–water partition coefficient (Wildman–Crippen LogP) is 2.88. The summed E-state index contributed by atoms with van der Waals surface area (Å²) < 4.78 is 25.9. The van der Waals surface area contributed by atoms with Gasteiger partial charge in [-0.05, 0) is 18.1 Å². The van der Waals surface area contributed by atoms with Gasteiger partial charge in [-0.25, -0.2) is 18.7 Å². The number of nitrogens with zero attached hydrogens (tertiary/aromatic N) is 2. The molecular formula is C15H16F2N4O. The Hall–Kier alpha value is -2.57. The molecule has 0 aliphatic rings. The molecule has 1 amide bonds. The third-order valence-corrected chi connectivity index (χ3v) is 2.75. The minimum absolute atomic E-state index is 0.191. The van der Waals surface area contributed by atoms with E-state index >= 15 is 0 Å². The quantitative estimate of drug-likeness (QED) is 0.891. The van der Waals surface area contributed by atoms with Crippen LogP contribution in [-0.2, 0) is 0 Å². The first-order chi connectivity index (χ1) is 10.5. The number of hydrogen-bond acceptors (Lipinski definition) is 4. The smallest absolute Gasteiger partial charge is 0.271 e. The molecule has 2 N–H and O–H groups in total. The fraction of sp³-hybridized carbons (Fsp3) is 0.267. The molecule has 22 heavy (non-hydrogen) atoms. The zero-order valence-electron chi connectivity index (χ0n) is 12.2. The van der Waals surface area contributed by atoms with E-state index in [1.165, 1.54) is 18.5 Å². The molecule has 2 aromatic rings. The van der Waals surface area contributed by atoms with Crippen LogP contribution in [0.1, 0.15) is 24.3 Å². The Labute approximate surface area is 126 Å². The third kappa shape index (κ3) is 4.21. The summed E-state index contributed by atoms with van der Waals surface area (Å²) in [6.45, 7) is 4.52. The standard InChI is InChI=1S/C15H16F2N4O/c1-9(2)6-20-15(22)13-7-19-14(8-18-13)21-10-3-4-11(16)12(17)5-10/h3-5,7-9H,6H2,1-2H3,(H,19,21)(H,20,22). The highest BCUT2D eigenvalue weighted by atomic mass is 19.2. The number of amides is 1. The van der Waals surface area contributed by atoms with Crippen molar-refractivity contribution < 1.29 is 13.6 Å². The molecule has 5 nitrogen and oxygen atoms in total. The van der Waals surface area contributed by atoms with Crippen molar-refractivity contribution in [2.75, 3.05) is 11.9 Å². The molecule has 0 aliphatic carbocycles. The molecule has 1 heterocycles. The molecular weight excluding hydrogens is 290 g/mol. The summed E-state index contributed by atoms with van der Waals surface area (Å²) in [5.41, 5.74) is 0.529. The maximum absolute atomic E-state index is 13.1. The van der Waals surface area contributed by atoms with Gasteiger partial charge in [0.15, 0.2) is 11.6 Å². The van der Waals surface area contributed by atoms with E-state index in [4.69, 9.17) is 0 Å². The summed E-state index contributed by atoms with van der Waals surface area (Å²) in [6, 6.07) is 3.41. The lowest BCUT2D eigenvalue weighted by atomic mass is 10.2. The Balaban J connectivity index is 2.02. The lowest BCUT2D eigenvalue weighted by molar-refractivity contribution is 0.0943. The van der Waals surface area contributed by atoms with Crippen LogP contribution in [0.4, 0.5) is 20.3 Å². The van der Waals surface area contributed by atoms with Crippen LogP contribution < -0.4 is 10.6 Å². The Morgan fingerprint density at radius 3 is 2.55 bits per heavy atom. The number of carbonyl (C=O) groups is 1. The average Bonchev–Trinajstić information content (AvgIpc) is 2.49.